The van der Waals surface area contributed by atoms with E-state index in [1.807, 2.05) is 0 Å². The number of nitrogens with zero attached hydrogens (tertiary/aromatic N) is 1. The highest BCUT2D eigenvalue weighted by Crippen LogP contribution is 2.17. The molecule has 0 spiro atoms. The summed E-state index contributed by atoms with van der Waals surface area (Å²) in [6.07, 6.45) is 1.72. The van der Waals surface area contributed by atoms with Gasteiger partial charge in [0.05, 0.1) is 18.3 Å². The van der Waals surface area contributed by atoms with E-state index in [9.17, 15) is 14.7 Å². The molecule has 0 aliphatic heterocycles. The molecule has 0 saturated carbocycles. The number of thiophene rings is 1. The number of aliphatic carboxylic acids is 1. The molecular formula is C13H17NO5S. The minimum absolute atomic E-state index is 0.161. The topological polar surface area (TPSA) is 87.1 Å². The second kappa shape index (κ2) is 7.78. The van der Waals surface area contributed by atoms with Crippen molar-refractivity contribution in [1.82, 2.24) is 4.90 Å². The number of aliphatic hydroxyl groups is 1. The van der Waals surface area contributed by atoms with E-state index in [-0.39, 0.29) is 19.1 Å². The number of rotatable bonds is 7. The van der Waals surface area contributed by atoms with Gasteiger partial charge in [0, 0.05) is 37.0 Å². The standard InChI is InChI=1S/C13H17NO5S/c1-14(6-10(15)7-19-2)13(18)9-5-11(20-8-9)3-4-12(16)17/h3-5,8,10,15H,6-7H2,1-2H3,(H,16,17). The second-order valence-corrected chi connectivity index (χ2v) is 5.15. The van der Waals surface area contributed by atoms with Crippen LogP contribution < -0.4 is 0 Å². The third kappa shape index (κ3) is 5.12. The molecule has 110 valence electrons. The molecule has 1 atom stereocenters. The van der Waals surface area contributed by atoms with Gasteiger partial charge >= 0.3 is 5.97 Å². The van der Waals surface area contributed by atoms with Gasteiger partial charge in [0.2, 0.25) is 0 Å². The smallest absolute Gasteiger partial charge is 0.328 e. The minimum atomic E-state index is -1.04. The Bertz CT molecular complexity index is 497. The Hall–Kier alpha value is -1.70. The maximum Gasteiger partial charge on any atom is 0.328 e. The molecule has 6 nitrogen and oxygen atoms in total. The fraction of sp³-hybridized carbons (Fsp3) is 0.385. The average Bonchev–Trinajstić information content (AvgIpc) is 2.84. The van der Waals surface area contributed by atoms with Gasteiger partial charge in [-0.25, -0.2) is 4.79 Å². The molecule has 7 heteroatoms. The quantitative estimate of drug-likeness (QED) is 0.731. The zero-order valence-corrected chi connectivity index (χ0v) is 12.1. The number of likely N-dealkylation sites (N-methyl/N-ethyl adjacent to an activating group) is 1. The Morgan fingerprint density at radius 2 is 2.25 bits per heavy atom. The molecule has 0 aromatic carbocycles. The van der Waals surface area contributed by atoms with Gasteiger partial charge in [0.25, 0.3) is 5.91 Å². The van der Waals surface area contributed by atoms with Crippen LogP contribution in [0.5, 0.6) is 0 Å². The van der Waals surface area contributed by atoms with Crippen molar-refractivity contribution in [2.75, 3.05) is 27.3 Å². The van der Waals surface area contributed by atoms with Crippen molar-refractivity contribution in [2.45, 2.75) is 6.10 Å². The van der Waals surface area contributed by atoms with Crippen LogP contribution in [0.4, 0.5) is 0 Å². The van der Waals surface area contributed by atoms with Gasteiger partial charge in [0.1, 0.15) is 0 Å². The monoisotopic (exact) mass is 299 g/mol. The summed E-state index contributed by atoms with van der Waals surface area (Å²) >= 11 is 1.28. The second-order valence-electron chi connectivity index (χ2n) is 4.20. The van der Waals surface area contributed by atoms with Crippen LogP contribution in [0.3, 0.4) is 0 Å². The van der Waals surface area contributed by atoms with E-state index in [1.54, 1.807) is 18.5 Å². The molecule has 1 rings (SSSR count). The average molecular weight is 299 g/mol. The van der Waals surface area contributed by atoms with Crippen LogP contribution in [0.1, 0.15) is 15.2 Å². The molecule has 1 unspecified atom stereocenters. The molecule has 0 fully saturated rings. The molecule has 1 heterocycles. The maximum atomic E-state index is 12.1. The molecule has 0 aliphatic rings. The first-order valence-electron chi connectivity index (χ1n) is 5.86. The van der Waals surface area contributed by atoms with Gasteiger partial charge in [-0.15, -0.1) is 11.3 Å². The van der Waals surface area contributed by atoms with E-state index in [2.05, 4.69) is 0 Å². The van der Waals surface area contributed by atoms with Crippen molar-refractivity contribution < 1.29 is 24.5 Å². The summed E-state index contributed by atoms with van der Waals surface area (Å²) in [6.45, 7) is 0.330. The van der Waals surface area contributed by atoms with Crippen LogP contribution in [0.2, 0.25) is 0 Å². The van der Waals surface area contributed by atoms with Crippen molar-refractivity contribution in [3.8, 4) is 0 Å². The minimum Gasteiger partial charge on any atom is -0.478 e. The Kier molecular flexibility index (Phi) is 6.37. The van der Waals surface area contributed by atoms with Crippen LogP contribution in [0.25, 0.3) is 6.08 Å². The van der Waals surface area contributed by atoms with Gasteiger partial charge in [-0.05, 0) is 12.1 Å². The Labute approximate surface area is 120 Å². The Balaban J connectivity index is 2.65. The summed E-state index contributed by atoms with van der Waals surface area (Å²) < 4.78 is 4.80. The molecular weight excluding hydrogens is 282 g/mol. The first-order valence-corrected chi connectivity index (χ1v) is 6.74. The van der Waals surface area contributed by atoms with Crippen molar-refractivity contribution in [3.05, 3.63) is 28.0 Å². The predicted octanol–water partition coefficient (Wildman–Crippen LogP) is 0.925. The van der Waals surface area contributed by atoms with E-state index in [4.69, 9.17) is 9.84 Å². The Morgan fingerprint density at radius 1 is 1.55 bits per heavy atom. The van der Waals surface area contributed by atoms with E-state index in [1.165, 1.54) is 29.4 Å². The first-order chi connectivity index (χ1) is 9.43. The highest BCUT2D eigenvalue weighted by atomic mass is 32.1. The maximum absolute atomic E-state index is 12.1. The first kappa shape index (κ1) is 16.4. The molecule has 0 saturated heterocycles. The fourth-order valence-electron chi connectivity index (χ4n) is 1.57. The lowest BCUT2D eigenvalue weighted by atomic mass is 10.2. The summed E-state index contributed by atoms with van der Waals surface area (Å²) in [5.41, 5.74) is 0.465. The van der Waals surface area contributed by atoms with Crippen LogP contribution in [-0.2, 0) is 9.53 Å². The predicted molar refractivity (Wildman–Crippen MR) is 75.8 cm³/mol. The molecule has 2 N–H and O–H groups in total. The molecule has 0 aliphatic carbocycles. The number of ether oxygens (including phenoxy) is 1. The largest absolute Gasteiger partial charge is 0.478 e. The fourth-order valence-corrected chi connectivity index (χ4v) is 2.34. The summed E-state index contributed by atoms with van der Waals surface area (Å²) in [7, 11) is 3.07. The Morgan fingerprint density at radius 3 is 2.85 bits per heavy atom. The SMILES string of the molecule is COCC(O)CN(C)C(=O)c1csc(C=CC(=O)O)c1. The number of hydrogen-bond donors (Lipinski definition) is 2. The summed E-state index contributed by atoms with van der Waals surface area (Å²) in [4.78, 5) is 24.6. The number of hydrogen-bond acceptors (Lipinski definition) is 5. The molecule has 0 bridgehead atoms. The van der Waals surface area contributed by atoms with Crippen LogP contribution >= 0.6 is 11.3 Å². The third-order valence-electron chi connectivity index (χ3n) is 2.45. The highest BCUT2D eigenvalue weighted by Gasteiger charge is 2.16. The summed E-state index contributed by atoms with van der Waals surface area (Å²) in [5.74, 6) is -1.27. The zero-order chi connectivity index (χ0) is 15.1. The van der Waals surface area contributed by atoms with Gasteiger partial charge in [-0.3, -0.25) is 4.79 Å². The van der Waals surface area contributed by atoms with E-state index < -0.39 is 12.1 Å². The van der Waals surface area contributed by atoms with Crippen LogP contribution in [0, 0.1) is 0 Å². The number of methoxy groups -OCH3 is 1. The lowest BCUT2D eigenvalue weighted by molar-refractivity contribution is -0.131. The number of carboxylic acids is 1. The van der Waals surface area contributed by atoms with Gasteiger partial charge in [-0.2, -0.15) is 0 Å². The van der Waals surface area contributed by atoms with Crippen LogP contribution in [0.15, 0.2) is 17.5 Å². The van der Waals surface area contributed by atoms with Crippen molar-refractivity contribution >= 4 is 29.3 Å². The third-order valence-corrected chi connectivity index (χ3v) is 3.35. The lowest BCUT2D eigenvalue weighted by Gasteiger charge is -2.19. The van der Waals surface area contributed by atoms with Gasteiger partial charge in [0.15, 0.2) is 0 Å². The highest BCUT2D eigenvalue weighted by molar-refractivity contribution is 7.11. The molecule has 20 heavy (non-hydrogen) atoms. The normalized spacial score (nSPS) is 12.6. The van der Waals surface area contributed by atoms with E-state index in [0.29, 0.717) is 10.4 Å². The van der Waals surface area contributed by atoms with E-state index >= 15 is 0 Å². The zero-order valence-electron chi connectivity index (χ0n) is 11.3. The number of carbonyl (C=O) groups excluding carboxylic acids is 1. The van der Waals surface area contributed by atoms with Crippen molar-refractivity contribution in [3.63, 3.8) is 0 Å². The molecule has 1 aromatic heterocycles. The van der Waals surface area contributed by atoms with Crippen molar-refractivity contribution in [1.29, 1.82) is 0 Å². The number of carbonyl (C=O) groups is 2. The van der Waals surface area contributed by atoms with E-state index in [0.717, 1.165) is 6.08 Å². The van der Waals surface area contributed by atoms with Gasteiger partial charge < -0.3 is 19.8 Å². The summed E-state index contributed by atoms with van der Waals surface area (Å²) in [6, 6.07) is 1.62. The van der Waals surface area contributed by atoms with Crippen molar-refractivity contribution in [2.24, 2.45) is 0 Å². The molecule has 0 radical (unpaired) electrons. The molecule has 1 amide bonds. The number of carboxylic acid groups (broad SMARTS) is 1. The lowest BCUT2D eigenvalue weighted by Crippen LogP contribution is -2.36. The van der Waals surface area contributed by atoms with Gasteiger partial charge in [-0.1, -0.05) is 0 Å². The van der Waals surface area contributed by atoms with Crippen LogP contribution in [-0.4, -0.2) is 60.4 Å². The molecule has 1 aromatic rings. The summed E-state index contributed by atoms with van der Waals surface area (Å²) in [5, 5.41) is 19.8. The number of amides is 1. The number of aliphatic hydroxyl groups excluding tert-OH is 1.